The van der Waals surface area contributed by atoms with Crippen LogP contribution in [0.2, 0.25) is 0 Å². The highest BCUT2D eigenvalue weighted by atomic mass is 16.4. The second-order valence-corrected chi connectivity index (χ2v) is 5.04. The third kappa shape index (κ3) is 2.71. The molecule has 0 saturated heterocycles. The lowest BCUT2D eigenvalue weighted by Gasteiger charge is -2.12. The molecule has 0 aliphatic carbocycles. The number of hydrogen-bond acceptors (Lipinski definition) is 3. The van der Waals surface area contributed by atoms with Crippen molar-refractivity contribution in [1.29, 1.82) is 0 Å². The van der Waals surface area contributed by atoms with Gasteiger partial charge in [0.2, 0.25) is 0 Å². The van der Waals surface area contributed by atoms with Crippen LogP contribution in [0.25, 0.3) is 5.69 Å². The lowest BCUT2D eigenvalue weighted by Crippen LogP contribution is -2.07. The van der Waals surface area contributed by atoms with Gasteiger partial charge in [-0.2, -0.15) is 0 Å². The number of nitrogens with zero attached hydrogens (tertiary/aromatic N) is 3. The van der Waals surface area contributed by atoms with Crippen molar-refractivity contribution < 1.29 is 9.90 Å². The predicted octanol–water partition coefficient (Wildman–Crippen LogP) is 3.04. The Balaban J connectivity index is 2.59. The van der Waals surface area contributed by atoms with E-state index >= 15 is 0 Å². The molecule has 106 valence electrons. The molecule has 0 bridgehead atoms. The first-order chi connectivity index (χ1) is 9.54. The fourth-order valence-electron chi connectivity index (χ4n) is 2.16. The Morgan fingerprint density at radius 2 is 2.05 bits per heavy atom. The minimum absolute atomic E-state index is 0.102. The Morgan fingerprint density at radius 3 is 2.65 bits per heavy atom. The van der Waals surface area contributed by atoms with E-state index in [2.05, 4.69) is 17.0 Å². The molecule has 1 N–H and O–H groups in total. The number of rotatable bonds is 5. The molecule has 2 rings (SSSR count). The van der Waals surface area contributed by atoms with Crippen molar-refractivity contribution in [2.45, 2.75) is 39.5 Å². The highest BCUT2D eigenvalue weighted by Crippen LogP contribution is 2.21. The Hall–Kier alpha value is -2.17. The van der Waals surface area contributed by atoms with E-state index in [1.165, 1.54) is 0 Å². The number of hydrogen-bond donors (Lipinski definition) is 1. The monoisotopic (exact) mass is 273 g/mol. The van der Waals surface area contributed by atoms with Crippen LogP contribution in [0.3, 0.4) is 0 Å². The quantitative estimate of drug-likeness (QED) is 0.909. The van der Waals surface area contributed by atoms with E-state index in [-0.39, 0.29) is 11.7 Å². The summed E-state index contributed by atoms with van der Waals surface area (Å²) in [5, 5.41) is 13.2. The average molecular weight is 273 g/mol. The Bertz CT molecular complexity index is 617. The molecule has 0 atom stereocenters. The van der Waals surface area contributed by atoms with E-state index in [0.717, 1.165) is 24.1 Å². The van der Waals surface area contributed by atoms with Crippen LogP contribution in [-0.2, 0) is 6.42 Å². The number of aryl methyl sites for hydroxylation is 1. The maximum Gasteiger partial charge on any atom is 0.375 e. The summed E-state index contributed by atoms with van der Waals surface area (Å²) in [6.45, 7) is 6.08. The number of carbonyl (C=O) groups is 1. The van der Waals surface area contributed by atoms with E-state index in [1.807, 2.05) is 38.1 Å². The molecule has 5 nitrogen and oxygen atoms in total. The summed E-state index contributed by atoms with van der Waals surface area (Å²) in [6, 6.07) is 7.92. The molecule has 0 saturated carbocycles. The molecule has 1 heterocycles. The van der Waals surface area contributed by atoms with Crippen LogP contribution in [0.15, 0.2) is 24.3 Å². The van der Waals surface area contributed by atoms with Gasteiger partial charge in [0, 0.05) is 5.92 Å². The molecule has 20 heavy (non-hydrogen) atoms. The highest BCUT2D eigenvalue weighted by Gasteiger charge is 2.19. The van der Waals surface area contributed by atoms with E-state index < -0.39 is 5.97 Å². The third-order valence-corrected chi connectivity index (χ3v) is 3.08. The number of benzene rings is 1. The SMILES string of the molecule is CCCc1ccccc1-n1nc(C(=O)O)nc1C(C)C. The Labute approximate surface area is 118 Å². The Kier molecular flexibility index (Phi) is 4.17. The van der Waals surface area contributed by atoms with Gasteiger partial charge in [-0.05, 0) is 18.1 Å². The van der Waals surface area contributed by atoms with Gasteiger partial charge in [0.05, 0.1) is 5.69 Å². The van der Waals surface area contributed by atoms with Crippen LogP contribution in [0.4, 0.5) is 0 Å². The van der Waals surface area contributed by atoms with Crippen molar-refractivity contribution >= 4 is 5.97 Å². The molecule has 1 aromatic carbocycles. The van der Waals surface area contributed by atoms with E-state index in [4.69, 9.17) is 5.11 Å². The lowest BCUT2D eigenvalue weighted by atomic mass is 10.1. The molecule has 0 spiro atoms. The van der Waals surface area contributed by atoms with Crippen molar-refractivity contribution in [1.82, 2.24) is 14.8 Å². The predicted molar refractivity (Wildman–Crippen MR) is 76.4 cm³/mol. The minimum atomic E-state index is -1.10. The number of aromatic nitrogens is 3. The van der Waals surface area contributed by atoms with Crippen molar-refractivity contribution in [3.8, 4) is 5.69 Å². The molecular formula is C15H19N3O2. The van der Waals surface area contributed by atoms with Crippen molar-refractivity contribution in [3.05, 3.63) is 41.5 Å². The normalized spacial score (nSPS) is 11.0. The van der Waals surface area contributed by atoms with Gasteiger partial charge in [-0.15, -0.1) is 5.10 Å². The number of carboxylic acids is 1. The van der Waals surface area contributed by atoms with Gasteiger partial charge < -0.3 is 5.11 Å². The van der Waals surface area contributed by atoms with Gasteiger partial charge in [0.25, 0.3) is 5.82 Å². The second-order valence-electron chi connectivity index (χ2n) is 5.04. The second kappa shape index (κ2) is 5.86. The number of carboxylic acid groups (broad SMARTS) is 1. The summed E-state index contributed by atoms with van der Waals surface area (Å²) in [6.07, 6.45) is 1.95. The summed E-state index contributed by atoms with van der Waals surface area (Å²) in [4.78, 5) is 15.2. The molecule has 0 radical (unpaired) electrons. The van der Waals surface area contributed by atoms with E-state index in [0.29, 0.717) is 5.82 Å². The first kappa shape index (κ1) is 14.2. The van der Waals surface area contributed by atoms with Crippen molar-refractivity contribution in [3.63, 3.8) is 0 Å². The molecule has 0 amide bonds. The van der Waals surface area contributed by atoms with E-state index in [1.54, 1.807) is 4.68 Å². The van der Waals surface area contributed by atoms with Crippen LogP contribution in [0, 0.1) is 0 Å². The fraction of sp³-hybridized carbons (Fsp3) is 0.400. The lowest BCUT2D eigenvalue weighted by molar-refractivity contribution is 0.0683. The fourth-order valence-corrected chi connectivity index (χ4v) is 2.16. The van der Waals surface area contributed by atoms with Crippen LogP contribution in [-0.4, -0.2) is 25.8 Å². The zero-order valence-electron chi connectivity index (χ0n) is 12.0. The van der Waals surface area contributed by atoms with Gasteiger partial charge >= 0.3 is 5.97 Å². The zero-order chi connectivity index (χ0) is 14.7. The van der Waals surface area contributed by atoms with E-state index in [9.17, 15) is 4.79 Å². The molecule has 5 heteroatoms. The summed E-state index contributed by atoms with van der Waals surface area (Å²) < 4.78 is 1.67. The first-order valence-corrected chi connectivity index (χ1v) is 6.83. The topological polar surface area (TPSA) is 68.0 Å². The van der Waals surface area contributed by atoms with Crippen molar-refractivity contribution in [2.24, 2.45) is 0 Å². The molecular weight excluding hydrogens is 254 g/mol. The molecule has 2 aromatic rings. The molecule has 0 unspecified atom stereocenters. The van der Waals surface area contributed by atoms with Gasteiger partial charge in [-0.1, -0.05) is 45.4 Å². The van der Waals surface area contributed by atoms with Gasteiger partial charge in [0.1, 0.15) is 5.82 Å². The molecule has 0 aliphatic heterocycles. The van der Waals surface area contributed by atoms with Crippen molar-refractivity contribution in [2.75, 3.05) is 0 Å². The number of para-hydroxylation sites is 1. The highest BCUT2D eigenvalue weighted by molar-refractivity contribution is 5.83. The van der Waals surface area contributed by atoms with Crippen LogP contribution < -0.4 is 0 Å². The largest absolute Gasteiger partial charge is 0.475 e. The van der Waals surface area contributed by atoms with Gasteiger partial charge in [-0.3, -0.25) is 0 Å². The Morgan fingerprint density at radius 1 is 1.35 bits per heavy atom. The van der Waals surface area contributed by atoms with Crippen LogP contribution in [0.5, 0.6) is 0 Å². The molecule has 1 aromatic heterocycles. The minimum Gasteiger partial charge on any atom is -0.475 e. The third-order valence-electron chi connectivity index (χ3n) is 3.08. The summed E-state index contributed by atoms with van der Waals surface area (Å²) in [5.74, 6) is -0.477. The average Bonchev–Trinajstić information content (AvgIpc) is 2.85. The number of aromatic carboxylic acids is 1. The maximum absolute atomic E-state index is 11.1. The smallest absolute Gasteiger partial charge is 0.375 e. The van der Waals surface area contributed by atoms with Gasteiger partial charge in [-0.25, -0.2) is 14.5 Å². The van der Waals surface area contributed by atoms with Crippen LogP contribution >= 0.6 is 0 Å². The first-order valence-electron chi connectivity index (χ1n) is 6.83. The zero-order valence-corrected chi connectivity index (χ0v) is 12.0. The summed E-state index contributed by atoms with van der Waals surface area (Å²) in [7, 11) is 0. The van der Waals surface area contributed by atoms with Gasteiger partial charge in [0.15, 0.2) is 0 Å². The van der Waals surface area contributed by atoms with Crippen LogP contribution in [0.1, 0.15) is 55.1 Å². The summed E-state index contributed by atoms with van der Waals surface area (Å²) in [5.41, 5.74) is 2.07. The maximum atomic E-state index is 11.1. The summed E-state index contributed by atoms with van der Waals surface area (Å²) >= 11 is 0. The molecule has 0 fully saturated rings. The standard InChI is InChI=1S/C15H19N3O2/c1-4-7-11-8-5-6-9-12(11)18-14(10(2)3)16-13(17-18)15(19)20/h5-6,8-10H,4,7H2,1-3H3,(H,19,20). The molecule has 0 aliphatic rings.